The molecule has 27 heavy (non-hydrogen) atoms. The molecule has 0 atom stereocenters. The number of carbonyl (C=O) groups excluding carboxylic acids is 1. The van der Waals surface area contributed by atoms with E-state index in [1.54, 1.807) is 7.11 Å². The van der Waals surface area contributed by atoms with Gasteiger partial charge in [0.2, 0.25) is 0 Å². The third kappa shape index (κ3) is 4.67. The lowest BCUT2D eigenvalue weighted by Gasteiger charge is -2.10. The van der Waals surface area contributed by atoms with Crippen molar-refractivity contribution in [1.82, 2.24) is 15.5 Å². The molecule has 2 aromatic carbocycles. The van der Waals surface area contributed by atoms with E-state index in [2.05, 4.69) is 15.5 Å². The number of amides is 1. The van der Waals surface area contributed by atoms with Crippen LogP contribution < -0.4 is 14.8 Å². The fourth-order valence-electron chi connectivity index (χ4n) is 2.69. The van der Waals surface area contributed by atoms with Crippen LogP contribution >= 0.6 is 0 Å². The highest BCUT2D eigenvalue weighted by Gasteiger charge is 2.15. The molecular formula is C21H23N3O3. The molecule has 0 spiro atoms. The predicted octanol–water partition coefficient (Wildman–Crippen LogP) is 3.80. The van der Waals surface area contributed by atoms with E-state index >= 15 is 0 Å². The van der Waals surface area contributed by atoms with Gasteiger partial charge in [0, 0.05) is 12.1 Å². The van der Waals surface area contributed by atoms with E-state index in [9.17, 15) is 4.79 Å². The van der Waals surface area contributed by atoms with Crippen molar-refractivity contribution in [2.24, 2.45) is 0 Å². The molecule has 0 aliphatic rings. The molecule has 0 bridgehead atoms. The van der Waals surface area contributed by atoms with Crippen molar-refractivity contribution < 1.29 is 14.3 Å². The van der Waals surface area contributed by atoms with Gasteiger partial charge in [0.1, 0.15) is 11.5 Å². The molecule has 1 amide bonds. The minimum Gasteiger partial charge on any atom is -0.497 e. The molecule has 0 unspecified atom stereocenters. The van der Waals surface area contributed by atoms with Gasteiger partial charge in [0.05, 0.1) is 30.7 Å². The number of hydrogen-bond acceptors (Lipinski definition) is 4. The first kappa shape index (κ1) is 18.5. The number of carbonyl (C=O) groups is 1. The fourth-order valence-corrected chi connectivity index (χ4v) is 2.69. The number of aromatic nitrogens is 2. The van der Waals surface area contributed by atoms with Crippen LogP contribution in [-0.2, 0) is 6.54 Å². The summed E-state index contributed by atoms with van der Waals surface area (Å²) in [6, 6.07) is 15.2. The highest BCUT2D eigenvalue weighted by molar-refractivity contribution is 5.99. The topological polar surface area (TPSA) is 76.2 Å². The molecule has 6 nitrogen and oxygen atoms in total. The monoisotopic (exact) mass is 365 g/mol. The predicted molar refractivity (Wildman–Crippen MR) is 104 cm³/mol. The molecule has 3 rings (SSSR count). The van der Waals surface area contributed by atoms with Gasteiger partial charge in [-0.3, -0.25) is 9.89 Å². The maximum absolute atomic E-state index is 12.6. The van der Waals surface area contributed by atoms with Crippen LogP contribution in [0.2, 0.25) is 0 Å². The minimum atomic E-state index is -0.191. The van der Waals surface area contributed by atoms with E-state index in [1.807, 2.05) is 62.4 Å². The number of nitrogens with one attached hydrogen (secondary N) is 2. The summed E-state index contributed by atoms with van der Waals surface area (Å²) in [5.41, 5.74) is 2.98. The maximum Gasteiger partial charge on any atom is 0.255 e. The second-order valence-corrected chi connectivity index (χ2v) is 6.38. The number of methoxy groups -OCH3 is 1. The second-order valence-electron chi connectivity index (χ2n) is 6.38. The summed E-state index contributed by atoms with van der Waals surface area (Å²) >= 11 is 0. The summed E-state index contributed by atoms with van der Waals surface area (Å²) in [7, 11) is 1.61. The number of benzene rings is 2. The lowest BCUT2D eigenvalue weighted by molar-refractivity contribution is 0.0951. The van der Waals surface area contributed by atoms with Crippen LogP contribution in [0.3, 0.4) is 0 Å². The van der Waals surface area contributed by atoms with Crippen LogP contribution in [-0.4, -0.2) is 29.3 Å². The first-order chi connectivity index (χ1) is 13.1. The first-order valence-electron chi connectivity index (χ1n) is 8.78. The second kappa shape index (κ2) is 8.40. The molecule has 0 radical (unpaired) electrons. The molecule has 0 aliphatic carbocycles. The van der Waals surface area contributed by atoms with E-state index in [0.29, 0.717) is 17.8 Å². The van der Waals surface area contributed by atoms with Crippen molar-refractivity contribution in [1.29, 1.82) is 0 Å². The number of hydrogen-bond donors (Lipinski definition) is 2. The van der Waals surface area contributed by atoms with Gasteiger partial charge in [-0.25, -0.2) is 0 Å². The Morgan fingerprint density at radius 1 is 1.15 bits per heavy atom. The molecule has 0 aliphatic heterocycles. The van der Waals surface area contributed by atoms with Gasteiger partial charge in [0.15, 0.2) is 0 Å². The van der Waals surface area contributed by atoms with Crippen molar-refractivity contribution in [3.63, 3.8) is 0 Å². The minimum absolute atomic E-state index is 0.131. The van der Waals surface area contributed by atoms with Crippen LogP contribution in [0.4, 0.5) is 0 Å². The highest BCUT2D eigenvalue weighted by Crippen LogP contribution is 2.25. The average Bonchev–Trinajstić information content (AvgIpc) is 3.17. The van der Waals surface area contributed by atoms with E-state index in [0.717, 1.165) is 22.6 Å². The van der Waals surface area contributed by atoms with Gasteiger partial charge >= 0.3 is 0 Å². The van der Waals surface area contributed by atoms with Crippen LogP contribution in [0.25, 0.3) is 11.3 Å². The molecular weight excluding hydrogens is 342 g/mol. The summed E-state index contributed by atoms with van der Waals surface area (Å²) < 4.78 is 10.9. The zero-order valence-electron chi connectivity index (χ0n) is 15.7. The van der Waals surface area contributed by atoms with Crippen molar-refractivity contribution in [2.45, 2.75) is 26.5 Å². The van der Waals surface area contributed by atoms with Gasteiger partial charge in [-0.05, 0) is 43.7 Å². The van der Waals surface area contributed by atoms with Crippen LogP contribution in [0.15, 0.2) is 54.7 Å². The summed E-state index contributed by atoms with van der Waals surface area (Å²) in [4.78, 5) is 12.6. The van der Waals surface area contributed by atoms with Crippen molar-refractivity contribution in [3.05, 3.63) is 65.9 Å². The van der Waals surface area contributed by atoms with Crippen molar-refractivity contribution >= 4 is 5.91 Å². The van der Waals surface area contributed by atoms with Crippen LogP contribution in [0, 0.1) is 0 Å². The number of nitrogens with zero attached hydrogens (tertiary/aromatic N) is 1. The Kier molecular flexibility index (Phi) is 5.76. The van der Waals surface area contributed by atoms with Gasteiger partial charge in [0.25, 0.3) is 5.91 Å². The lowest BCUT2D eigenvalue weighted by Crippen LogP contribution is -2.23. The Bertz CT molecular complexity index is 901. The summed E-state index contributed by atoms with van der Waals surface area (Å²) in [6.45, 7) is 4.39. The van der Waals surface area contributed by atoms with Crippen molar-refractivity contribution in [2.75, 3.05) is 7.11 Å². The Morgan fingerprint density at radius 3 is 2.63 bits per heavy atom. The van der Waals surface area contributed by atoms with Crippen LogP contribution in [0.5, 0.6) is 11.5 Å². The molecule has 1 aromatic heterocycles. The molecule has 0 fully saturated rings. The van der Waals surface area contributed by atoms with Gasteiger partial charge in [-0.2, -0.15) is 5.10 Å². The zero-order chi connectivity index (χ0) is 19.2. The van der Waals surface area contributed by atoms with Crippen molar-refractivity contribution in [3.8, 4) is 22.8 Å². The largest absolute Gasteiger partial charge is 0.497 e. The SMILES string of the molecule is COc1cccc(-c2[nH]ncc2C(=O)NCc2ccc(OC(C)C)cc2)c1. The Balaban J connectivity index is 1.68. The Hall–Kier alpha value is -3.28. The van der Waals surface area contributed by atoms with E-state index in [1.165, 1.54) is 6.20 Å². The molecule has 3 aromatic rings. The van der Waals surface area contributed by atoms with Gasteiger partial charge < -0.3 is 14.8 Å². The molecule has 2 N–H and O–H groups in total. The number of H-pyrrole nitrogens is 1. The first-order valence-corrected chi connectivity index (χ1v) is 8.78. The number of aromatic amines is 1. The van der Waals surface area contributed by atoms with Crippen LogP contribution in [0.1, 0.15) is 29.8 Å². The Morgan fingerprint density at radius 2 is 1.93 bits per heavy atom. The zero-order valence-corrected chi connectivity index (χ0v) is 15.7. The van der Waals surface area contributed by atoms with E-state index in [4.69, 9.17) is 9.47 Å². The molecule has 6 heteroatoms. The third-order valence-electron chi connectivity index (χ3n) is 3.99. The average molecular weight is 365 g/mol. The molecule has 140 valence electrons. The fraction of sp³-hybridized carbons (Fsp3) is 0.238. The standard InChI is InChI=1S/C21H23N3O3/c1-14(2)27-17-9-7-15(8-10-17)12-22-21(25)19-13-23-24-20(19)16-5-4-6-18(11-16)26-3/h4-11,13-14H,12H2,1-3H3,(H,22,25)(H,23,24). The highest BCUT2D eigenvalue weighted by atomic mass is 16.5. The molecule has 0 saturated carbocycles. The van der Waals surface area contributed by atoms with E-state index in [-0.39, 0.29) is 12.0 Å². The normalized spacial score (nSPS) is 10.7. The lowest BCUT2D eigenvalue weighted by atomic mass is 10.1. The maximum atomic E-state index is 12.6. The van der Waals surface area contributed by atoms with E-state index < -0.39 is 0 Å². The summed E-state index contributed by atoms with van der Waals surface area (Å²) in [5.74, 6) is 1.34. The number of ether oxygens (including phenoxy) is 2. The summed E-state index contributed by atoms with van der Waals surface area (Å²) in [6.07, 6.45) is 1.66. The smallest absolute Gasteiger partial charge is 0.255 e. The van der Waals surface area contributed by atoms with Gasteiger partial charge in [-0.15, -0.1) is 0 Å². The molecule has 0 saturated heterocycles. The quantitative estimate of drug-likeness (QED) is 0.668. The summed E-state index contributed by atoms with van der Waals surface area (Å²) in [5, 5.41) is 9.85. The number of rotatable bonds is 7. The molecule has 1 heterocycles. The Labute approximate surface area is 158 Å². The third-order valence-corrected chi connectivity index (χ3v) is 3.99. The van der Waals surface area contributed by atoms with Gasteiger partial charge in [-0.1, -0.05) is 24.3 Å².